The van der Waals surface area contributed by atoms with Gasteiger partial charge in [0.2, 0.25) is 0 Å². The summed E-state index contributed by atoms with van der Waals surface area (Å²) < 4.78 is 50.3. The van der Waals surface area contributed by atoms with Crippen LogP contribution in [0.4, 0.5) is 24.7 Å². The molecule has 1 heterocycles. The first kappa shape index (κ1) is 25.6. The second kappa shape index (κ2) is 10.9. The van der Waals surface area contributed by atoms with E-state index in [0.717, 1.165) is 27.7 Å². The topological polar surface area (TPSA) is 120 Å². The average molecular weight is 492 g/mol. The van der Waals surface area contributed by atoms with E-state index in [2.05, 4.69) is 4.98 Å². The highest BCUT2D eigenvalue weighted by atomic mass is 19.4. The third kappa shape index (κ3) is 6.29. The molecule has 0 radical (unpaired) electrons. The fourth-order valence-corrected chi connectivity index (χ4v) is 3.29. The first-order valence-electron chi connectivity index (χ1n) is 10.4. The number of methoxy groups -OCH3 is 1. The molecule has 2 aromatic carbocycles. The van der Waals surface area contributed by atoms with Crippen molar-refractivity contribution in [2.24, 2.45) is 0 Å². The summed E-state index contributed by atoms with van der Waals surface area (Å²) in [6, 6.07) is 12.7. The molecule has 0 atom stereocenters. The lowest BCUT2D eigenvalue weighted by Crippen LogP contribution is -2.42. The largest absolute Gasteiger partial charge is 0.484 e. The number of H-pyrrole nitrogens is 1. The van der Waals surface area contributed by atoms with Crippen molar-refractivity contribution in [1.82, 2.24) is 9.55 Å². The van der Waals surface area contributed by atoms with Gasteiger partial charge < -0.3 is 15.2 Å². The van der Waals surface area contributed by atoms with Crippen molar-refractivity contribution in [2.45, 2.75) is 19.3 Å². The molecule has 0 bridgehead atoms. The molecule has 9 nitrogen and oxygen atoms in total. The normalized spacial score (nSPS) is 11.3. The van der Waals surface area contributed by atoms with E-state index >= 15 is 0 Å². The van der Waals surface area contributed by atoms with Crippen molar-refractivity contribution >= 4 is 17.4 Å². The van der Waals surface area contributed by atoms with Gasteiger partial charge in [-0.2, -0.15) is 13.2 Å². The summed E-state index contributed by atoms with van der Waals surface area (Å²) in [6.07, 6.45) is -4.58. The van der Waals surface area contributed by atoms with E-state index in [4.69, 9.17) is 15.2 Å². The number of nitrogens with one attached hydrogen (secondary N) is 1. The smallest absolute Gasteiger partial charge is 0.416 e. The zero-order chi connectivity index (χ0) is 25.6. The minimum atomic E-state index is -4.58. The lowest BCUT2D eigenvalue weighted by atomic mass is 10.2. The highest BCUT2D eigenvalue weighted by Crippen LogP contribution is 2.31. The van der Waals surface area contributed by atoms with Gasteiger partial charge in [-0.3, -0.25) is 24.0 Å². The molecule has 0 spiro atoms. The summed E-state index contributed by atoms with van der Waals surface area (Å²) in [5.41, 5.74) is 3.85. The molecule has 0 fully saturated rings. The summed E-state index contributed by atoms with van der Waals surface area (Å²) >= 11 is 0. The second-order valence-electron chi connectivity index (χ2n) is 7.42. The molecule has 0 aliphatic heterocycles. The molecule has 0 aliphatic rings. The zero-order valence-electron chi connectivity index (χ0n) is 18.7. The minimum Gasteiger partial charge on any atom is -0.484 e. The van der Waals surface area contributed by atoms with Crippen LogP contribution in [0.5, 0.6) is 5.75 Å². The van der Waals surface area contributed by atoms with Crippen LogP contribution in [0.25, 0.3) is 0 Å². The van der Waals surface area contributed by atoms with Crippen LogP contribution < -0.4 is 26.6 Å². The Kier molecular flexibility index (Phi) is 7.97. The number of aromatic amines is 1. The summed E-state index contributed by atoms with van der Waals surface area (Å²) in [6.45, 7) is -0.675. The molecular formula is C23H23F3N4O5. The van der Waals surface area contributed by atoms with Gasteiger partial charge in [-0.05, 0) is 23.8 Å². The Hall–Kier alpha value is -4.06. The van der Waals surface area contributed by atoms with Crippen LogP contribution >= 0.6 is 0 Å². The molecule has 1 amide bonds. The molecule has 3 N–H and O–H groups in total. The number of nitrogens with zero attached hydrogens (tertiary/aromatic N) is 2. The second-order valence-corrected chi connectivity index (χ2v) is 7.42. The number of amides is 1. The molecule has 3 rings (SSSR count). The van der Waals surface area contributed by atoms with Gasteiger partial charge in [0, 0.05) is 7.11 Å². The van der Waals surface area contributed by atoms with Crippen LogP contribution in [0, 0.1) is 0 Å². The number of nitrogens with two attached hydrogens (primary N) is 1. The predicted molar refractivity (Wildman–Crippen MR) is 122 cm³/mol. The van der Waals surface area contributed by atoms with Gasteiger partial charge in [0.1, 0.15) is 11.6 Å². The number of carbonyl (C=O) groups is 1. The van der Waals surface area contributed by atoms with Crippen molar-refractivity contribution in [3.63, 3.8) is 0 Å². The highest BCUT2D eigenvalue weighted by Gasteiger charge is 2.31. The maximum Gasteiger partial charge on any atom is 0.416 e. The molecule has 0 aliphatic carbocycles. The molecule has 186 valence electrons. The number of aromatic nitrogens is 2. The number of benzene rings is 2. The number of ether oxygens (including phenoxy) is 2. The first-order chi connectivity index (χ1) is 16.6. The highest BCUT2D eigenvalue weighted by molar-refractivity contribution is 5.96. The quantitative estimate of drug-likeness (QED) is 0.474. The fraction of sp³-hybridized carbons (Fsp3) is 0.261. The first-order valence-corrected chi connectivity index (χ1v) is 10.4. The molecule has 0 saturated heterocycles. The van der Waals surface area contributed by atoms with Crippen molar-refractivity contribution in [3.05, 3.63) is 86.6 Å². The number of rotatable bonds is 9. The van der Waals surface area contributed by atoms with E-state index in [1.54, 1.807) is 30.3 Å². The summed E-state index contributed by atoms with van der Waals surface area (Å²) in [5, 5.41) is 0. The van der Waals surface area contributed by atoms with Gasteiger partial charge in [-0.25, -0.2) is 4.79 Å². The van der Waals surface area contributed by atoms with Gasteiger partial charge in [0.05, 0.1) is 25.3 Å². The maximum atomic E-state index is 13.2. The number of halogens is 3. The lowest BCUT2D eigenvalue weighted by Gasteiger charge is -2.25. The summed E-state index contributed by atoms with van der Waals surface area (Å²) in [5.74, 6) is -1.21. The van der Waals surface area contributed by atoms with E-state index < -0.39 is 35.5 Å². The Morgan fingerprint density at radius 2 is 1.83 bits per heavy atom. The summed E-state index contributed by atoms with van der Waals surface area (Å²) in [4.78, 5) is 41.3. The molecule has 12 heteroatoms. The van der Waals surface area contributed by atoms with Crippen LogP contribution in [0.3, 0.4) is 0 Å². The number of hydrogen-bond acceptors (Lipinski definition) is 6. The molecule has 1 aromatic heterocycles. The van der Waals surface area contributed by atoms with E-state index in [0.29, 0.717) is 5.56 Å². The Morgan fingerprint density at radius 1 is 1.11 bits per heavy atom. The van der Waals surface area contributed by atoms with Gasteiger partial charge in [0.25, 0.3) is 11.5 Å². The lowest BCUT2D eigenvalue weighted by molar-refractivity contribution is -0.137. The van der Waals surface area contributed by atoms with Gasteiger partial charge in [-0.1, -0.05) is 36.4 Å². The number of nitrogen functional groups attached to an aromatic ring is 1. The standard InChI is InChI=1S/C23H23F3N4O5/c1-34-11-10-29-20(27)19(21(32)28-22(29)33)30(13-15-6-3-2-4-7-15)18(31)14-35-17-9-5-8-16(12-17)23(24,25)26/h2-9,12H,10-11,13-14,27H2,1H3,(H,28,32,33). The van der Waals surface area contributed by atoms with Crippen LogP contribution in [-0.2, 0) is 28.8 Å². The van der Waals surface area contributed by atoms with Gasteiger partial charge >= 0.3 is 11.9 Å². The van der Waals surface area contributed by atoms with Crippen molar-refractivity contribution < 1.29 is 27.4 Å². The summed E-state index contributed by atoms with van der Waals surface area (Å²) in [7, 11) is 1.42. The van der Waals surface area contributed by atoms with Gasteiger partial charge in [-0.15, -0.1) is 0 Å². The van der Waals surface area contributed by atoms with Gasteiger partial charge in [0.15, 0.2) is 12.3 Å². The fourth-order valence-electron chi connectivity index (χ4n) is 3.29. The van der Waals surface area contributed by atoms with Crippen LogP contribution in [-0.4, -0.2) is 35.8 Å². The Morgan fingerprint density at radius 3 is 2.49 bits per heavy atom. The minimum absolute atomic E-state index is 0.0129. The maximum absolute atomic E-state index is 13.2. The number of hydrogen-bond donors (Lipinski definition) is 2. The predicted octanol–water partition coefficient (Wildman–Crippen LogP) is 2.40. The van der Waals surface area contributed by atoms with E-state index in [-0.39, 0.29) is 37.0 Å². The average Bonchev–Trinajstić information content (AvgIpc) is 2.82. The van der Waals surface area contributed by atoms with E-state index in [1.807, 2.05) is 0 Å². The van der Waals surface area contributed by atoms with E-state index in [1.165, 1.54) is 13.2 Å². The Balaban J connectivity index is 1.96. The Bertz CT molecular complexity index is 1290. The number of anilines is 2. The van der Waals surface area contributed by atoms with Crippen LogP contribution in [0.2, 0.25) is 0 Å². The number of carbonyl (C=O) groups excluding carboxylic acids is 1. The van der Waals surface area contributed by atoms with Crippen molar-refractivity contribution in [1.29, 1.82) is 0 Å². The van der Waals surface area contributed by atoms with Crippen molar-refractivity contribution in [3.8, 4) is 5.75 Å². The molecule has 35 heavy (non-hydrogen) atoms. The van der Waals surface area contributed by atoms with Crippen LogP contribution in [0.15, 0.2) is 64.2 Å². The SMILES string of the molecule is COCCn1c(N)c(N(Cc2ccccc2)C(=O)COc2cccc(C(F)(F)F)c2)c(=O)[nH]c1=O. The molecular weight excluding hydrogens is 469 g/mol. The van der Waals surface area contributed by atoms with Crippen LogP contribution in [0.1, 0.15) is 11.1 Å². The molecule has 0 saturated carbocycles. The molecule has 3 aromatic rings. The third-order valence-electron chi connectivity index (χ3n) is 5.01. The Labute approximate surface area is 197 Å². The zero-order valence-corrected chi connectivity index (χ0v) is 18.7. The monoisotopic (exact) mass is 492 g/mol. The van der Waals surface area contributed by atoms with E-state index in [9.17, 15) is 27.6 Å². The number of alkyl halides is 3. The third-order valence-corrected chi connectivity index (χ3v) is 5.01. The molecule has 0 unspecified atom stereocenters. The van der Waals surface area contributed by atoms with Crippen molar-refractivity contribution in [2.75, 3.05) is 31.0 Å².